The van der Waals surface area contributed by atoms with E-state index in [2.05, 4.69) is 31.9 Å². The Bertz CT molecular complexity index is 1240. The Labute approximate surface area is 180 Å². The molecule has 0 radical (unpaired) electrons. The molecule has 3 aromatic rings. The zero-order valence-corrected chi connectivity index (χ0v) is 18.7. The van der Waals surface area contributed by atoms with Crippen LogP contribution in [0.25, 0.3) is 22.5 Å². The van der Waals surface area contributed by atoms with Gasteiger partial charge in [-0.3, -0.25) is 9.48 Å². The van der Waals surface area contributed by atoms with E-state index in [-0.39, 0.29) is 17.0 Å². The Balaban J connectivity index is 2.03. The third-order valence-electron chi connectivity index (χ3n) is 6.14. The molecule has 1 atom stereocenters. The number of pyridine rings is 1. The number of fused-ring (bicyclic) bond motifs is 3. The lowest BCUT2D eigenvalue weighted by Gasteiger charge is -2.39. The number of nitrogens with zero attached hydrogens (tertiary/aromatic N) is 3. The maximum atomic E-state index is 12.6. The normalized spacial score (nSPS) is 15.4. The summed E-state index contributed by atoms with van der Waals surface area (Å²) in [4.78, 5) is 24.2. The van der Waals surface area contributed by atoms with Crippen LogP contribution in [0.4, 0.5) is 0 Å². The minimum Gasteiger partial charge on any atom is -0.496 e. The van der Waals surface area contributed by atoms with Crippen molar-refractivity contribution in [3.8, 4) is 28.3 Å². The van der Waals surface area contributed by atoms with E-state index in [1.54, 1.807) is 7.11 Å². The largest absolute Gasteiger partial charge is 0.496 e. The molecule has 4 rings (SSSR count). The highest BCUT2D eigenvalue weighted by Crippen LogP contribution is 2.46. The number of benzene rings is 1. The van der Waals surface area contributed by atoms with Gasteiger partial charge in [-0.25, -0.2) is 4.79 Å². The van der Waals surface area contributed by atoms with Gasteiger partial charge in [0.2, 0.25) is 0 Å². The SMILES string of the molecule is COc1cc2c(cc1-c1c(C)cnn1C)CC(C(C)(C)C)n1cc(C(=O)O)c(=O)cc1-2. The topological polar surface area (TPSA) is 86.3 Å². The maximum Gasteiger partial charge on any atom is 0.341 e. The minimum absolute atomic E-state index is 0.0115. The van der Waals surface area contributed by atoms with E-state index in [4.69, 9.17) is 4.74 Å². The highest BCUT2D eigenvalue weighted by atomic mass is 16.5. The molecule has 3 heterocycles. The van der Waals surface area contributed by atoms with E-state index in [1.165, 1.54) is 12.3 Å². The van der Waals surface area contributed by atoms with Gasteiger partial charge in [0.15, 0.2) is 5.43 Å². The zero-order valence-electron chi connectivity index (χ0n) is 18.7. The fourth-order valence-electron chi connectivity index (χ4n) is 4.53. The molecule has 7 heteroatoms. The van der Waals surface area contributed by atoms with Crippen LogP contribution in [0.15, 0.2) is 35.4 Å². The molecule has 0 saturated heterocycles. The number of aromatic nitrogens is 3. The smallest absolute Gasteiger partial charge is 0.341 e. The number of aryl methyl sites for hydroxylation is 2. The first-order chi connectivity index (χ1) is 14.5. The molecule has 1 aliphatic heterocycles. The summed E-state index contributed by atoms with van der Waals surface area (Å²) < 4.78 is 9.50. The predicted octanol–water partition coefficient (Wildman–Crippen LogP) is 4.07. The number of methoxy groups -OCH3 is 1. The molecule has 1 aliphatic rings. The molecule has 31 heavy (non-hydrogen) atoms. The Morgan fingerprint density at radius 1 is 1.23 bits per heavy atom. The molecule has 0 bridgehead atoms. The van der Waals surface area contributed by atoms with Gasteiger partial charge in [-0.2, -0.15) is 5.10 Å². The predicted molar refractivity (Wildman–Crippen MR) is 119 cm³/mol. The van der Waals surface area contributed by atoms with Crippen LogP contribution in [0.1, 0.15) is 48.3 Å². The molecule has 0 amide bonds. The van der Waals surface area contributed by atoms with Crippen LogP contribution in [0.5, 0.6) is 5.75 Å². The van der Waals surface area contributed by atoms with Gasteiger partial charge in [-0.05, 0) is 42.0 Å². The van der Waals surface area contributed by atoms with E-state index < -0.39 is 11.4 Å². The van der Waals surface area contributed by atoms with Crippen molar-refractivity contribution < 1.29 is 14.6 Å². The van der Waals surface area contributed by atoms with Gasteiger partial charge < -0.3 is 14.4 Å². The number of hydrogen-bond donors (Lipinski definition) is 1. The second-order valence-corrected chi connectivity index (χ2v) is 9.24. The van der Waals surface area contributed by atoms with Crippen molar-refractivity contribution in [3.63, 3.8) is 0 Å². The van der Waals surface area contributed by atoms with Gasteiger partial charge in [0.05, 0.1) is 24.7 Å². The number of carboxylic acid groups (broad SMARTS) is 1. The number of aromatic carboxylic acids is 1. The van der Waals surface area contributed by atoms with Crippen LogP contribution in [-0.4, -0.2) is 32.5 Å². The fraction of sp³-hybridized carbons (Fsp3) is 0.375. The number of hydrogen-bond acceptors (Lipinski definition) is 4. The fourth-order valence-corrected chi connectivity index (χ4v) is 4.53. The first kappa shape index (κ1) is 20.9. The first-order valence-electron chi connectivity index (χ1n) is 10.2. The van der Waals surface area contributed by atoms with Crippen molar-refractivity contribution in [1.82, 2.24) is 14.3 Å². The van der Waals surface area contributed by atoms with Crippen molar-refractivity contribution in [2.45, 2.75) is 40.2 Å². The van der Waals surface area contributed by atoms with Gasteiger partial charge in [-0.15, -0.1) is 0 Å². The Kier molecular flexibility index (Phi) is 4.80. The lowest BCUT2D eigenvalue weighted by molar-refractivity contribution is 0.0693. The molecule has 1 aromatic carbocycles. The lowest BCUT2D eigenvalue weighted by atomic mass is 9.78. The second-order valence-electron chi connectivity index (χ2n) is 9.24. The van der Waals surface area contributed by atoms with Crippen LogP contribution in [-0.2, 0) is 13.5 Å². The third kappa shape index (κ3) is 3.34. The highest BCUT2D eigenvalue weighted by Gasteiger charge is 2.34. The molecule has 1 unspecified atom stereocenters. The quantitative estimate of drug-likeness (QED) is 0.689. The summed E-state index contributed by atoms with van der Waals surface area (Å²) in [5, 5.41) is 13.9. The summed E-state index contributed by atoms with van der Waals surface area (Å²) in [7, 11) is 3.53. The highest BCUT2D eigenvalue weighted by molar-refractivity contribution is 5.88. The maximum absolute atomic E-state index is 12.6. The van der Waals surface area contributed by atoms with Crippen molar-refractivity contribution in [2.75, 3.05) is 7.11 Å². The van der Waals surface area contributed by atoms with Crippen LogP contribution >= 0.6 is 0 Å². The number of carbonyl (C=O) groups is 1. The monoisotopic (exact) mass is 421 g/mol. The molecule has 0 fully saturated rings. The molecule has 1 N–H and O–H groups in total. The summed E-state index contributed by atoms with van der Waals surface area (Å²) in [6.45, 7) is 8.39. The molecule has 0 spiro atoms. The molecular formula is C24H27N3O4. The van der Waals surface area contributed by atoms with E-state index in [0.29, 0.717) is 17.9 Å². The van der Waals surface area contributed by atoms with Gasteiger partial charge in [0, 0.05) is 36.5 Å². The summed E-state index contributed by atoms with van der Waals surface area (Å²) in [6, 6.07) is 5.49. The van der Waals surface area contributed by atoms with E-state index in [9.17, 15) is 14.7 Å². The van der Waals surface area contributed by atoms with E-state index in [1.807, 2.05) is 35.5 Å². The molecular weight excluding hydrogens is 394 g/mol. The molecule has 162 valence electrons. The number of carboxylic acids is 1. The lowest BCUT2D eigenvalue weighted by Crippen LogP contribution is -2.32. The minimum atomic E-state index is -1.21. The molecule has 0 aliphatic carbocycles. The summed E-state index contributed by atoms with van der Waals surface area (Å²) in [5.74, 6) is -0.528. The van der Waals surface area contributed by atoms with Crippen LogP contribution in [0.2, 0.25) is 0 Å². The van der Waals surface area contributed by atoms with Crippen LogP contribution in [0.3, 0.4) is 0 Å². The summed E-state index contributed by atoms with van der Waals surface area (Å²) >= 11 is 0. The molecule has 7 nitrogen and oxygen atoms in total. The third-order valence-corrected chi connectivity index (χ3v) is 6.14. The van der Waals surface area contributed by atoms with Crippen molar-refractivity contribution in [2.24, 2.45) is 12.5 Å². The standard InChI is InChI=1S/C24H27N3O4/c1-13-11-25-26(5)22(13)16-7-14-8-21(24(2,3)4)27-12-17(23(29)30)19(28)10-18(27)15(14)9-20(16)31-6/h7,9-12,21H,8H2,1-6H3,(H,29,30). The second kappa shape index (κ2) is 7.11. The van der Waals surface area contributed by atoms with E-state index >= 15 is 0 Å². The average molecular weight is 421 g/mol. The molecule has 2 aromatic heterocycles. The van der Waals surface area contributed by atoms with Crippen molar-refractivity contribution in [3.05, 3.63) is 57.5 Å². The summed E-state index contributed by atoms with van der Waals surface area (Å²) in [5.41, 5.74) is 4.81. The zero-order chi connectivity index (χ0) is 22.7. The van der Waals surface area contributed by atoms with Gasteiger partial charge in [0.25, 0.3) is 0 Å². The Morgan fingerprint density at radius 2 is 1.94 bits per heavy atom. The van der Waals surface area contributed by atoms with Gasteiger partial charge in [-0.1, -0.05) is 20.8 Å². The van der Waals surface area contributed by atoms with Crippen LogP contribution < -0.4 is 10.2 Å². The average Bonchev–Trinajstić information content (AvgIpc) is 3.02. The Morgan fingerprint density at radius 3 is 2.48 bits per heavy atom. The number of ether oxygens (including phenoxy) is 1. The van der Waals surface area contributed by atoms with Gasteiger partial charge in [0.1, 0.15) is 11.3 Å². The summed E-state index contributed by atoms with van der Waals surface area (Å²) in [6.07, 6.45) is 4.03. The van der Waals surface area contributed by atoms with E-state index in [0.717, 1.165) is 27.9 Å². The van der Waals surface area contributed by atoms with Crippen molar-refractivity contribution >= 4 is 5.97 Å². The van der Waals surface area contributed by atoms with Crippen LogP contribution in [0, 0.1) is 12.3 Å². The number of rotatable bonds is 3. The van der Waals surface area contributed by atoms with Crippen molar-refractivity contribution in [1.29, 1.82) is 0 Å². The Hall–Kier alpha value is -3.35. The molecule has 0 saturated carbocycles. The first-order valence-corrected chi connectivity index (χ1v) is 10.2. The van der Waals surface area contributed by atoms with Gasteiger partial charge >= 0.3 is 5.97 Å².